The molecule has 3 aliphatic rings. The Hall–Kier alpha value is -0.0800. The Morgan fingerprint density at radius 3 is 2.47 bits per heavy atom. The van der Waals surface area contributed by atoms with Gasteiger partial charge in [0.2, 0.25) is 0 Å². The fourth-order valence-electron chi connectivity index (χ4n) is 4.20. The molecule has 1 N–H and O–H groups in total. The SMILES string of the molecule is CC(CN1CCCCC1)NCC1C2CCCC21. The third-order valence-electron chi connectivity index (χ3n) is 5.27. The molecule has 0 aromatic rings. The molecular formula is C15H28N2. The van der Waals surface area contributed by atoms with Gasteiger partial charge in [0.1, 0.15) is 0 Å². The van der Waals surface area contributed by atoms with Crippen molar-refractivity contribution < 1.29 is 0 Å². The molecule has 17 heavy (non-hydrogen) atoms. The zero-order valence-corrected chi connectivity index (χ0v) is 11.3. The van der Waals surface area contributed by atoms with Crippen molar-refractivity contribution >= 4 is 0 Å². The lowest BCUT2D eigenvalue weighted by Crippen LogP contribution is -2.42. The normalized spacial score (nSPS) is 39.0. The van der Waals surface area contributed by atoms with E-state index in [1.54, 1.807) is 0 Å². The van der Waals surface area contributed by atoms with Crippen LogP contribution in [0.15, 0.2) is 0 Å². The van der Waals surface area contributed by atoms with Crippen molar-refractivity contribution in [3.63, 3.8) is 0 Å². The van der Waals surface area contributed by atoms with E-state index in [4.69, 9.17) is 0 Å². The van der Waals surface area contributed by atoms with Crippen LogP contribution in [-0.4, -0.2) is 37.1 Å². The molecule has 98 valence electrons. The number of hydrogen-bond acceptors (Lipinski definition) is 2. The van der Waals surface area contributed by atoms with Crippen LogP contribution in [0.1, 0.15) is 45.4 Å². The molecule has 1 aliphatic heterocycles. The quantitative estimate of drug-likeness (QED) is 0.789. The van der Waals surface area contributed by atoms with Crippen molar-refractivity contribution in [3.05, 3.63) is 0 Å². The van der Waals surface area contributed by atoms with E-state index in [-0.39, 0.29) is 0 Å². The molecule has 1 saturated heterocycles. The topological polar surface area (TPSA) is 15.3 Å². The first-order valence-electron chi connectivity index (χ1n) is 7.80. The third-order valence-corrected chi connectivity index (χ3v) is 5.27. The van der Waals surface area contributed by atoms with Gasteiger partial charge in [-0.2, -0.15) is 0 Å². The number of fused-ring (bicyclic) bond motifs is 1. The fraction of sp³-hybridized carbons (Fsp3) is 1.00. The first-order chi connectivity index (χ1) is 8.34. The van der Waals surface area contributed by atoms with Crippen molar-refractivity contribution in [3.8, 4) is 0 Å². The molecule has 1 heterocycles. The van der Waals surface area contributed by atoms with Crippen LogP contribution in [0.5, 0.6) is 0 Å². The zero-order chi connectivity index (χ0) is 11.7. The molecular weight excluding hydrogens is 208 g/mol. The van der Waals surface area contributed by atoms with Gasteiger partial charge in [0.25, 0.3) is 0 Å². The average molecular weight is 236 g/mol. The van der Waals surface area contributed by atoms with Crippen LogP contribution in [0.25, 0.3) is 0 Å². The van der Waals surface area contributed by atoms with Gasteiger partial charge in [0.05, 0.1) is 0 Å². The minimum Gasteiger partial charge on any atom is -0.313 e. The van der Waals surface area contributed by atoms with Crippen LogP contribution >= 0.6 is 0 Å². The van der Waals surface area contributed by atoms with E-state index in [9.17, 15) is 0 Å². The van der Waals surface area contributed by atoms with Crippen molar-refractivity contribution in [1.29, 1.82) is 0 Å². The highest BCUT2D eigenvalue weighted by molar-refractivity contribution is 5.02. The van der Waals surface area contributed by atoms with E-state index >= 15 is 0 Å². The predicted octanol–water partition coefficient (Wildman–Crippen LogP) is 2.50. The highest BCUT2D eigenvalue weighted by Gasteiger charge is 2.51. The molecule has 3 rings (SSSR count). The van der Waals surface area contributed by atoms with E-state index in [0.29, 0.717) is 6.04 Å². The molecule has 3 fully saturated rings. The Bertz CT molecular complexity index is 237. The highest BCUT2D eigenvalue weighted by Crippen LogP contribution is 2.57. The summed E-state index contributed by atoms with van der Waals surface area (Å²) in [6, 6.07) is 0.689. The molecule has 2 saturated carbocycles. The van der Waals surface area contributed by atoms with Gasteiger partial charge in [-0.25, -0.2) is 0 Å². The summed E-state index contributed by atoms with van der Waals surface area (Å²) >= 11 is 0. The lowest BCUT2D eigenvalue weighted by molar-refractivity contribution is 0.208. The molecule has 2 aliphatic carbocycles. The van der Waals surface area contributed by atoms with E-state index in [2.05, 4.69) is 17.1 Å². The predicted molar refractivity (Wildman–Crippen MR) is 72.1 cm³/mol. The summed E-state index contributed by atoms with van der Waals surface area (Å²) in [5.41, 5.74) is 0. The Labute approximate surface area is 106 Å². The van der Waals surface area contributed by atoms with Crippen LogP contribution in [-0.2, 0) is 0 Å². The number of hydrogen-bond donors (Lipinski definition) is 1. The minimum absolute atomic E-state index is 0.689. The summed E-state index contributed by atoms with van der Waals surface area (Å²) in [7, 11) is 0. The second-order valence-corrected chi connectivity index (χ2v) is 6.59. The molecule has 3 unspecified atom stereocenters. The molecule has 2 nitrogen and oxygen atoms in total. The van der Waals surface area contributed by atoms with Gasteiger partial charge in [0.15, 0.2) is 0 Å². The van der Waals surface area contributed by atoms with Gasteiger partial charge < -0.3 is 10.2 Å². The summed E-state index contributed by atoms with van der Waals surface area (Å²) in [5, 5.41) is 3.78. The molecule has 0 aromatic carbocycles. The highest BCUT2D eigenvalue weighted by atomic mass is 15.1. The van der Waals surface area contributed by atoms with Crippen LogP contribution in [0.3, 0.4) is 0 Å². The summed E-state index contributed by atoms with van der Waals surface area (Å²) in [4.78, 5) is 2.65. The Morgan fingerprint density at radius 1 is 1.06 bits per heavy atom. The number of nitrogens with zero attached hydrogens (tertiary/aromatic N) is 1. The lowest BCUT2D eigenvalue weighted by atomic mass is 10.1. The minimum atomic E-state index is 0.689. The maximum atomic E-state index is 3.78. The first kappa shape index (κ1) is 12.0. The van der Waals surface area contributed by atoms with Gasteiger partial charge >= 0.3 is 0 Å². The van der Waals surface area contributed by atoms with E-state index in [1.807, 2.05) is 0 Å². The Morgan fingerprint density at radius 2 is 1.76 bits per heavy atom. The van der Waals surface area contributed by atoms with Crippen molar-refractivity contribution in [2.45, 2.75) is 51.5 Å². The molecule has 0 amide bonds. The molecule has 0 spiro atoms. The number of nitrogens with one attached hydrogen (secondary N) is 1. The van der Waals surface area contributed by atoms with Gasteiger partial charge in [0, 0.05) is 12.6 Å². The van der Waals surface area contributed by atoms with Crippen LogP contribution in [0.2, 0.25) is 0 Å². The molecule has 0 aromatic heterocycles. The van der Waals surface area contributed by atoms with Gasteiger partial charge in [-0.15, -0.1) is 0 Å². The van der Waals surface area contributed by atoms with E-state index in [0.717, 1.165) is 17.8 Å². The summed E-state index contributed by atoms with van der Waals surface area (Å²) < 4.78 is 0. The Kier molecular flexibility index (Phi) is 3.72. The van der Waals surface area contributed by atoms with Crippen LogP contribution in [0, 0.1) is 17.8 Å². The first-order valence-corrected chi connectivity index (χ1v) is 7.80. The number of rotatable bonds is 5. The van der Waals surface area contributed by atoms with Gasteiger partial charge in [-0.1, -0.05) is 12.8 Å². The standard InChI is InChI=1S/C15H28N2/c1-12(11-17-8-3-2-4-9-17)16-10-15-13-6-5-7-14(13)15/h12-16H,2-11H2,1H3. The zero-order valence-electron chi connectivity index (χ0n) is 11.3. The molecule has 3 atom stereocenters. The van der Waals surface area contributed by atoms with Gasteiger partial charge in [-0.3, -0.25) is 0 Å². The van der Waals surface area contributed by atoms with Crippen LogP contribution < -0.4 is 5.32 Å². The number of piperidine rings is 1. The Balaban J connectivity index is 1.32. The second kappa shape index (κ2) is 5.27. The summed E-state index contributed by atoms with van der Waals surface area (Å²) in [5.74, 6) is 3.28. The molecule has 2 heteroatoms. The maximum Gasteiger partial charge on any atom is 0.0166 e. The smallest absolute Gasteiger partial charge is 0.0166 e. The molecule has 0 bridgehead atoms. The average Bonchev–Trinajstić information content (AvgIpc) is 2.79. The monoisotopic (exact) mass is 236 g/mol. The second-order valence-electron chi connectivity index (χ2n) is 6.59. The van der Waals surface area contributed by atoms with Crippen molar-refractivity contribution in [1.82, 2.24) is 10.2 Å². The third kappa shape index (κ3) is 2.85. The maximum absolute atomic E-state index is 3.78. The van der Waals surface area contributed by atoms with Crippen molar-refractivity contribution in [2.75, 3.05) is 26.2 Å². The van der Waals surface area contributed by atoms with E-state index in [1.165, 1.54) is 64.7 Å². The number of likely N-dealkylation sites (tertiary alicyclic amines) is 1. The van der Waals surface area contributed by atoms with Crippen LogP contribution in [0.4, 0.5) is 0 Å². The lowest BCUT2D eigenvalue weighted by Gasteiger charge is -2.29. The fourth-order valence-corrected chi connectivity index (χ4v) is 4.20. The summed E-state index contributed by atoms with van der Waals surface area (Å²) in [6.45, 7) is 7.60. The largest absolute Gasteiger partial charge is 0.313 e. The molecule has 0 radical (unpaired) electrons. The summed E-state index contributed by atoms with van der Waals surface area (Å²) in [6.07, 6.45) is 8.84. The van der Waals surface area contributed by atoms with Gasteiger partial charge in [-0.05, 0) is 70.0 Å². The van der Waals surface area contributed by atoms with Crippen molar-refractivity contribution in [2.24, 2.45) is 17.8 Å². The van der Waals surface area contributed by atoms with E-state index < -0.39 is 0 Å².